The number of nitrogens with one attached hydrogen (secondary N) is 1. The van der Waals surface area contributed by atoms with Gasteiger partial charge in [-0.25, -0.2) is 0 Å². The van der Waals surface area contributed by atoms with Crippen molar-refractivity contribution < 1.29 is 4.42 Å². The molecule has 11 aromatic carbocycles. The highest BCUT2D eigenvalue weighted by molar-refractivity contribution is 6.74. The third kappa shape index (κ3) is 7.80. The van der Waals surface area contributed by atoms with Gasteiger partial charge < -0.3 is 19.5 Å². The number of hydrogen-bond donors (Lipinski definition) is 1. The van der Waals surface area contributed by atoms with Gasteiger partial charge in [-0.15, -0.1) is 0 Å². The molecule has 1 N–H and O–H groups in total. The highest BCUT2D eigenvalue weighted by atomic mass is 16.3. The number of hydrogen-bond acceptors (Lipinski definition) is 4. The van der Waals surface area contributed by atoms with Gasteiger partial charge in [-0.2, -0.15) is 0 Å². The normalized spacial score (nSPS) is 11.7. The van der Waals surface area contributed by atoms with E-state index >= 15 is 0 Å². The Morgan fingerprint density at radius 3 is 1.54 bits per heavy atom. The summed E-state index contributed by atoms with van der Waals surface area (Å²) >= 11 is 0. The summed E-state index contributed by atoms with van der Waals surface area (Å²) in [6, 6.07) is 95.6. The van der Waals surface area contributed by atoms with Crippen LogP contribution < -0.4 is 26.0 Å². The Hall–Kier alpha value is -9.32. The quantitative estimate of drug-likeness (QED) is 0.139. The fourth-order valence-electron chi connectivity index (χ4n) is 10.5. The standard InChI is InChI=1S/C66H46BN3O/c1-6-18-45(19-7-1)48-30-35-51(36-31-48)68-60-40-39-55(69(52-24-12-4-13-25-52)53-26-14-5-15-27-53)43-57(60)58-44-63-64(56-28-16-17-29-62(56)71-63)66-65(58)67-59-42-50(47-22-10-3-11-23-47)34-41-61(59)70(66)54-37-32-49(33-38-54)46-20-8-2-9-21-46/h1-44,67-68H. The second kappa shape index (κ2) is 18.0. The molecule has 0 bridgehead atoms. The van der Waals surface area contributed by atoms with E-state index in [1.54, 1.807) is 0 Å². The van der Waals surface area contributed by atoms with Crippen LogP contribution in [0.2, 0.25) is 0 Å². The molecule has 5 heteroatoms. The minimum atomic E-state index is 0.700. The van der Waals surface area contributed by atoms with Gasteiger partial charge in [0.05, 0.1) is 11.1 Å². The van der Waals surface area contributed by atoms with E-state index in [1.807, 2.05) is 0 Å². The summed E-state index contributed by atoms with van der Waals surface area (Å²) in [6.45, 7) is 0. The SMILES string of the molecule is B1c2cc(-c3ccccc3)ccc2N(c2ccc(-c3ccccc3)cc2)c2c1c(-c1cc(N(c3ccccc3)c3ccccc3)ccc1Nc1ccc(-c3ccccc3)cc1)cc1oc3ccccc3c21. The minimum Gasteiger partial charge on any atom is -0.456 e. The van der Waals surface area contributed by atoms with Crippen molar-refractivity contribution in [2.45, 2.75) is 0 Å². The predicted octanol–water partition coefficient (Wildman–Crippen LogP) is 16.6. The Kier molecular flexibility index (Phi) is 10.6. The molecule has 4 nitrogen and oxygen atoms in total. The van der Waals surface area contributed by atoms with Crippen LogP contribution in [0.4, 0.5) is 45.5 Å². The van der Waals surface area contributed by atoms with Crippen molar-refractivity contribution in [2.24, 2.45) is 0 Å². The summed E-state index contributed by atoms with van der Waals surface area (Å²) in [5, 5.41) is 6.12. The summed E-state index contributed by atoms with van der Waals surface area (Å²) in [7, 11) is 0.700. The maximum atomic E-state index is 6.98. The summed E-state index contributed by atoms with van der Waals surface area (Å²) in [5.41, 5.74) is 21.9. The molecule has 71 heavy (non-hydrogen) atoms. The molecule has 2 heterocycles. The minimum absolute atomic E-state index is 0.700. The number of rotatable bonds is 10. The summed E-state index contributed by atoms with van der Waals surface area (Å²) < 4.78 is 6.98. The number of benzene rings is 11. The molecule has 1 aliphatic rings. The first kappa shape index (κ1) is 41.8. The van der Waals surface area contributed by atoms with Gasteiger partial charge in [-0.3, -0.25) is 0 Å². The molecule has 0 saturated carbocycles. The van der Waals surface area contributed by atoms with Crippen molar-refractivity contribution in [3.63, 3.8) is 0 Å². The maximum Gasteiger partial charge on any atom is 0.198 e. The lowest BCUT2D eigenvalue weighted by molar-refractivity contribution is 0.669. The van der Waals surface area contributed by atoms with Gasteiger partial charge >= 0.3 is 0 Å². The Morgan fingerprint density at radius 1 is 0.394 bits per heavy atom. The van der Waals surface area contributed by atoms with E-state index in [2.05, 4.69) is 282 Å². The Labute approximate surface area is 414 Å². The van der Waals surface area contributed by atoms with Crippen molar-refractivity contribution in [1.82, 2.24) is 0 Å². The molecule has 0 spiro atoms. The molecule has 0 amide bonds. The molecule has 1 aromatic heterocycles. The van der Waals surface area contributed by atoms with E-state index in [0.29, 0.717) is 7.28 Å². The molecule has 0 fully saturated rings. The van der Waals surface area contributed by atoms with Crippen molar-refractivity contribution in [3.05, 3.63) is 267 Å². The zero-order valence-electron chi connectivity index (χ0n) is 38.9. The molecular weight excluding hydrogens is 862 g/mol. The van der Waals surface area contributed by atoms with Crippen LogP contribution in [0.3, 0.4) is 0 Å². The number of fused-ring (bicyclic) bond motifs is 6. The molecule has 12 aromatic rings. The third-order valence-electron chi connectivity index (χ3n) is 13.8. The first-order valence-electron chi connectivity index (χ1n) is 24.3. The molecule has 0 atom stereocenters. The molecular formula is C66H46BN3O. The first-order chi connectivity index (χ1) is 35.2. The summed E-state index contributed by atoms with van der Waals surface area (Å²) in [4.78, 5) is 4.83. The lowest BCUT2D eigenvalue weighted by atomic mass is 9.57. The average Bonchev–Trinajstić information content (AvgIpc) is 3.83. The lowest BCUT2D eigenvalue weighted by Crippen LogP contribution is -2.41. The monoisotopic (exact) mass is 907 g/mol. The van der Waals surface area contributed by atoms with Crippen molar-refractivity contribution in [2.75, 3.05) is 15.1 Å². The highest BCUT2D eigenvalue weighted by Gasteiger charge is 2.33. The third-order valence-corrected chi connectivity index (χ3v) is 13.8. The lowest BCUT2D eigenvalue weighted by Gasteiger charge is -2.36. The number of nitrogens with zero attached hydrogens (tertiary/aromatic N) is 2. The number of para-hydroxylation sites is 3. The summed E-state index contributed by atoms with van der Waals surface area (Å²) in [6.07, 6.45) is 0. The number of furan rings is 1. The molecule has 0 aliphatic carbocycles. The fourth-order valence-corrected chi connectivity index (χ4v) is 10.5. The van der Waals surface area contributed by atoms with Crippen molar-refractivity contribution in [1.29, 1.82) is 0 Å². The second-order valence-corrected chi connectivity index (χ2v) is 18.2. The number of anilines is 8. The first-order valence-corrected chi connectivity index (χ1v) is 24.3. The van der Waals surface area contributed by atoms with Crippen LogP contribution in [-0.2, 0) is 0 Å². The Morgan fingerprint density at radius 2 is 0.915 bits per heavy atom. The van der Waals surface area contributed by atoms with Gasteiger partial charge in [0.1, 0.15) is 11.2 Å². The molecule has 0 unspecified atom stereocenters. The zero-order valence-corrected chi connectivity index (χ0v) is 38.9. The van der Waals surface area contributed by atoms with Gasteiger partial charge in [0, 0.05) is 50.8 Å². The maximum absolute atomic E-state index is 6.98. The van der Waals surface area contributed by atoms with E-state index < -0.39 is 0 Å². The van der Waals surface area contributed by atoms with E-state index in [1.165, 1.54) is 44.3 Å². The summed E-state index contributed by atoms with van der Waals surface area (Å²) in [5.74, 6) is 0. The van der Waals surface area contributed by atoms with Gasteiger partial charge in [0.15, 0.2) is 7.28 Å². The van der Waals surface area contributed by atoms with Gasteiger partial charge in [0.2, 0.25) is 0 Å². The average molecular weight is 908 g/mol. The van der Waals surface area contributed by atoms with Gasteiger partial charge in [-0.05, 0) is 129 Å². The second-order valence-electron chi connectivity index (χ2n) is 18.2. The topological polar surface area (TPSA) is 31.6 Å². The smallest absolute Gasteiger partial charge is 0.198 e. The van der Waals surface area contributed by atoms with Crippen LogP contribution in [0.5, 0.6) is 0 Å². The Balaban J connectivity index is 1.07. The molecule has 0 radical (unpaired) electrons. The van der Waals surface area contributed by atoms with Crippen LogP contribution in [0.15, 0.2) is 271 Å². The van der Waals surface area contributed by atoms with Crippen LogP contribution in [0.1, 0.15) is 0 Å². The molecule has 0 saturated heterocycles. The van der Waals surface area contributed by atoms with E-state index in [4.69, 9.17) is 4.42 Å². The van der Waals surface area contributed by atoms with Crippen LogP contribution >= 0.6 is 0 Å². The van der Waals surface area contributed by atoms with E-state index in [0.717, 1.165) is 78.6 Å². The predicted molar refractivity (Wildman–Crippen MR) is 301 cm³/mol. The highest BCUT2D eigenvalue weighted by Crippen LogP contribution is 2.48. The van der Waals surface area contributed by atoms with Crippen molar-refractivity contribution in [3.8, 4) is 44.5 Å². The van der Waals surface area contributed by atoms with E-state index in [9.17, 15) is 0 Å². The van der Waals surface area contributed by atoms with Crippen LogP contribution in [-0.4, -0.2) is 7.28 Å². The van der Waals surface area contributed by atoms with Gasteiger partial charge in [0.25, 0.3) is 0 Å². The fraction of sp³-hybridized carbons (Fsp3) is 0. The largest absolute Gasteiger partial charge is 0.456 e. The molecule has 334 valence electrons. The zero-order chi connectivity index (χ0) is 47.1. The molecule has 1 aliphatic heterocycles. The van der Waals surface area contributed by atoms with Crippen LogP contribution in [0.25, 0.3) is 66.4 Å². The van der Waals surface area contributed by atoms with Gasteiger partial charge in [-0.1, -0.05) is 187 Å². The molecule has 13 rings (SSSR count). The van der Waals surface area contributed by atoms with Crippen LogP contribution in [0, 0.1) is 0 Å². The Bertz CT molecular complexity index is 3800. The van der Waals surface area contributed by atoms with E-state index in [-0.39, 0.29) is 0 Å². The van der Waals surface area contributed by atoms with Crippen molar-refractivity contribution >= 4 is 85.6 Å².